The standard InChI is InChI=1S/C16H28O/c1-5-7-8-9-11-15(10-6-2)13-16(17)12-14(3)4/h6,12,15H,2,5,7-11,13H2,1,3-4H3. The van der Waals surface area contributed by atoms with E-state index in [9.17, 15) is 4.79 Å². The van der Waals surface area contributed by atoms with Gasteiger partial charge in [-0.2, -0.15) is 0 Å². The van der Waals surface area contributed by atoms with Crippen LogP contribution in [0.3, 0.4) is 0 Å². The molecule has 0 heterocycles. The largest absolute Gasteiger partial charge is 0.295 e. The summed E-state index contributed by atoms with van der Waals surface area (Å²) in [5.41, 5.74) is 1.10. The van der Waals surface area contributed by atoms with Gasteiger partial charge in [-0.05, 0) is 38.7 Å². The number of carbonyl (C=O) groups excluding carboxylic acids is 1. The maximum absolute atomic E-state index is 11.7. The van der Waals surface area contributed by atoms with Crippen LogP contribution in [0.2, 0.25) is 0 Å². The quantitative estimate of drug-likeness (QED) is 0.294. The lowest BCUT2D eigenvalue weighted by Crippen LogP contribution is -2.06. The Kier molecular flexibility index (Phi) is 9.80. The summed E-state index contributed by atoms with van der Waals surface area (Å²) in [4.78, 5) is 11.7. The molecule has 1 unspecified atom stereocenters. The topological polar surface area (TPSA) is 17.1 Å². The first-order valence-corrected chi connectivity index (χ1v) is 6.88. The molecule has 0 aromatic heterocycles. The molecule has 0 aliphatic rings. The monoisotopic (exact) mass is 236 g/mol. The van der Waals surface area contributed by atoms with Crippen molar-refractivity contribution in [1.29, 1.82) is 0 Å². The van der Waals surface area contributed by atoms with Crippen molar-refractivity contribution >= 4 is 5.78 Å². The molecule has 1 atom stereocenters. The molecular formula is C16H28O. The summed E-state index contributed by atoms with van der Waals surface area (Å²) < 4.78 is 0. The van der Waals surface area contributed by atoms with Gasteiger partial charge in [0, 0.05) is 6.42 Å². The van der Waals surface area contributed by atoms with E-state index in [2.05, 4.69) is 13.5 Å². The maximum atomic E-state index is 11.7. The molecule has 1 heteroatoms. The first kappa shape index (κ1) is 16.1. The van der Waals surface area contributed by atoms with E-state index in [1.165, 1.54) is 25.7 Å². The minimum atomic E-state index is 0.271. The maximum Gasteiger partial charge on any atom is 0.155 e. The van der Waals surface area contributed by atoms with Gasteiger partial charge in [0.2, 0.25) is 0 Å². The third kappa shape index (κ3) is 10.0. The van der Waals surface area contributed by atoms with Crippen molar-refractivity contribution in [2.24, 2.45) is 5.92 Å². The van der Waals surface area contributed by atoms with Crippen LogP contribution in [-0.2, 0) is 4.79 Å². The van der Waals surface area contributed by atoms with Crippen LogP contribution in [-0.4, -0.2) is 5.78 Å². The van der Waals surface area contributed by atoms with Gasteiger partial charge in [-0.1, -0.05) is 44.3 Å². The fraction of sp³-hybridized carbons (Fsp3) is 0.688. The molecular weight excluding hydrogens is 208 g/mol. The highest BCUT2D eigenvalue weighted by Gasteiger charge is 2.10. The molecule has 0 aromatic rings. The Morgan fingerprint density at radius 1 is 1.24 bits per heavy atom. The van der Waals surface area contributed by atoms with Crippen LogP contribution in [0, 0.1) is 5.92 Å². The van der Waals surface area contributed by atoms with Crippen molar-refractivity contribution < 1.29 is 4.79 Å². The molecule has 0 amide bonds. The van der Waals surface area contributed by atoms with Crippen molar-refractivity contribution in [2.75, 3.05) is 0 Å². The fourth-order valence-corrected chi connectivity index (χ4v) is 2.06. The zero-order chi connectivity index (χ0) is 13.1. The Morgan fingerprint density at radius 2 is 1.94 bits per heavy atom. The minimum absolute atomic E-state index is 0.271. The average molecular weight is 236 g/mol. The zero-order valence-corrected chi connectivity index (χ0v) is 11.8. The van der Waals surface area contributed by atoms with Crippen LogP contribution in [0.15, 0.2) is 24.3 Å². The molecule has 0 aliphatic heterocycles. The summed E-state index contributed by atoms with van der Waals surface area (Å²) in [5, 5.41) is 0. The van der Waals surface area contributed by atoms with Crippen molar-refractivity contribution in [1.82, 2.24) is 0 Å². The highest BCUT2D eigenvalue weighted by Crippen LogP contribution is 2.19. The predicted octanol–water partition coefficient (Wildman–Crippen LogP) is 5.07. The lowest BCUT2D eigenvalue weighted by molar-refractivity contribution is -0.115. The molecule has 1 nitrogen and oxygen atoms in total. The number of hydrogen-bond donors (Lipinski definition) is 0. The molecule has 17 heavy (non-hydrogen) atoms. The molecule has 98 valence electrons. The van der Waals surface area contributed by atoms with Crippen molar-refractivity contribution in [3.8, 4) is 0 Å². The van der Waals surface area contributed by atoms with E-state index in [-0.39, 0.29) is 5.78 Å². The third-order valence-electron chi connectivity index (χ3n) is 2.91. The van der Waals surface area contributed by atoms with Crippen LogP contribution < -0.4 is 0 Å². The molecule has 0 saturated carbocycles. The van der Waals surface area contributed by atoms with Gasteiger partial charge in [0.25, 0.3) is 0 Å². The molecule has 0 aliphatic carbocycles. The Hall–Kier alpha value is -0.850. The van der Waals surface area contributed by atoms with E-state index in [1.807, 2.05) is 19.9 Å². The van der Waals surface area contributed by atoms with Crippen molar-refractivity contribution in [3.05, 3.63) is 24.3 Å². The Labute approximate surface area is 107 Å². The van der Waals surface area contributed by atoms with E-state index in [0.717, 1.165) is 18.4 Å². The third-order valence-corrected chi connectivity index (χ3v) is 2.91. The van der Waals surface area contributed by atoms with E-state index >= 15 is 0 Å². The van der Waals surface area contributed by atoms with Gasteiger partial charge in [0.15, 0.2) is 5.78 Å². The van der Waals surface area contributed by atoms with E-state index in [1.54, 1.807) is 6.08 Å². The number of allylic oxidation sites excluding steroid dienone is 3. The fourth-order valence-electron chi connectivity index (χ4n) is 2.06. The second-order valence-electron chi connectivity index (χ2n) is 5.13. The highest BCUT2D eigenvalue weighted by atomic mass is 16.1. The first-order chi connectivity index (χ1) is 8.10. The summed E-state index contributed by atoms with van der Waals surface area (Å²) in [6.45, 7) is 9.96. The highest BCUT2D eigenvalue weighted by molar-refractivity contribution is 5.90. The number of unbranched alkanes of at least 4 members (excludes halogenated alkanes) is 3. The van der Waals surface area contributed by atoms with Gasteiger partial charge in [0.05, 0.1) is 0 Å². The summed E-state index contributed by atoms with van der Waals surface area (Å²) >= 11 is 0. The van der Waals surface area contributed by atoms with Crippen LogP contribution in [0.5, 0.6) is 0 Å². The number of ketones is 1. The summed E-state index contributed by atoms with van der Waals surface area (Å²) in [7, 11) is 0. The SMILES string of the molecule is C=CCC(CCCCCC)CC(=O)C=C(C)C. The Morgan fingerprint density at radius 3 is 2.47 bits per heavy atom. The van der Waals surface area contributed by atoms with Crippen molar-refractivity contribution in [3.63, 3.8) is 0 Å². The number of hydrogen-bond acceptors (Lipinski definition) is 1. The first-order valence-electron chi connectivity index (χ1n) is 6.88. The minimum Gasteiger partial charge on any atom is -0.295 e. The molecule has 0 saturated heterocycles. The van der Waals surface area contributed by atoms with Gasteiger partial charge in [-0.3, -0.25) is 4.79 Å². The Bertz CT molecular complexity index is 246. The molecule has 0 fully saturated rings. The summed E-state index contributed by atoms with van der Waals surface area (Å²) in [5.74, 6) is 0.764. The second kappa shape index (κ2) is 10.3. The van der Waals surface area contributed by atoms with Crippen LogP contribution in [0.4, 0.5) is 0 Å². The van der Waals surface area contributed by atoms with Gasteiger partial charge in [-0.15, -0.1) is 6.58 Å². The number of carbonyl (C=O) groups is 1. The van der Waals surface area contributed by atoms with Gasteiger partial charge >= 0.3 is 0 Å². The molecule has 0 N–H and O–H groups in total. The van der Waals surface area contributed by atoms with Gasteiger partial charge in [-0.25, -0.2) is 0 Å². The normalized spacial score (nSPS) is 11.9. The average Bonchev–Trinajstić information content (AvgIpc) is 2.23. The summed E-state index contributed by atoms with van der Waals surface area (Å²) in [6.07, 6.45) is 11.6. The van der Waals surface area contributed by atoms with Gasteiger partial charge < -0.3 is 0 Å². The van der Waals surface area contributed by atoms with E-state index in [4.69, 9.17) is 0 Å². The van der Waals surface area contributed by atoms with Crippen LogP contribution in [0.25, 0.3) is 0 Å². The van der Waals surface area contributed by atoms with Crippen LogP contribution >= 0.6 is 0 Å². The van der Waals surface area contributed by atoms with E-state index in [0.29, 0.717) is 12.3 Å². The molecule has 0 rings (SSSR count). The predicted molar refractivity (Wildman–Crippen MR) is 76.1 cm³/mol. The zero-order valence-electron chi connectivity index (χ0n) is 11.8. The van der Waals surface area contributed by atoms with Gasteiger partial charge in [0.1, 0.15) is 0 Å². The lowest BCUT2D eigenvalue weighted by Gasteiger charge is -2.13. The number of rotatable bonds is 10. The molecule has 0 bridgehead atoms. The Balaban J connectivity index is 4.00. The molecule has 0 spiro atoms. The van der Waals surface area contributed by atoms with Crippen LogP contribution in [0.1, 0.15) is 65.7 Å². The summed E-state index contributed by atoms with van der Waals surface area (Å²) in [6, 6.07) is 0. The van der Waals surface area contributed by atoms with Crippen molar-refractivity contribution in [2.45, 2.75) is 65.7 Å². The smallest absolute Gasteiger partial charge is 0.155 e. The molecule has 0 aromatic carbocycles. The lowest BCUT2D eigenvalue weighted by atomic mass is 9.92. The van der Waals surface area contributed by atoms with E-state index < -0.39 is 0 Å². The molecule has 0 radical (unpaired) electrons. The second-order valence-corrected chi connectivity index (χ2v) is 5.13.